The summed E-state index contributed by atoms with van der Waals surface area (Å²) in [6, 6.07) is 0.729. The van der Waals surface area contributed by atoms with Gasteiger partial charge in [0.2, 0.25) is 0 Å². The lowest BCUT2D eigenvalue weighted by molar-refractivity contribution is -0.142. The topological polar surface area (TPSA) is 84.6 Å². The van der Waals surface area contributed by atoms with Gasteiger partial charge in [0.15, 0.2) is 0 Å². The quantitative estimate of drug-likeness (QED) is 0.780. The van der Waals surface area contributed by atoms with Crippen LogP contribution in [0.15, 0.2) is 0 Å². The second-order valence-corrected chi connectivity index (χ2v) is 4.35. The SMILES string of the molecule is CCC(C(=O)O)N(C)C(=O)N(CCC#N)C(C)C. The zero-order valence-corrected chi connectivity index (χ0v) is 11.4. The number of rotatable bonds is 6. The summed E-state index contributed by atoms with van der Waals surface area (Å²) in [5.74, 6) is -1.02. The van der Waals surface area contributed by atoms with Crippen LogP contribution in [0.2, 0.25) is 0 Å². The summed E-state index contributed by atoms with van der Waals surface area (Å²) >= 11 is 0. The first-order valence-electron chi connectivity index (χ1n) is 5.99. The van der Waals surface area contributed by atoms with E-state index in [0.717, 1.165) is 0 Å². The lowest BCUT2D eigenvalue weighted by atomic mass is 10.2. The predicted molar refractivity (Wildman–Crippen MR) is 66.9 cm³/mol. The van der Waals surface area contributed by atoms with Gasteiger partial charge >= 0.3 is 12.0 Å². The van der Waals surface area contributed by atoms with Crippen molar-refractivity contribution in [2.45, 2.75) is 45.7 Å². The lowest BCUT2D eigenvalue weighted by Crippen LogP contribution is -2.51. The van der Waals surface area contributed by atoms with Gasteiger partial charge in [-0.25, -0.2) is 9.59 Å². The number of carboxylic acids is 1. The smallest absolute Gasteiger partial charge is 0.326 e. The van der Waals surface area contributed by atoms with E-state index in [1.54, 1.807) is 6.92 Å². The number of hydrogen-bond donors (Lipinski definition) is 1. The molecule has 18 heavy (non-hydrogen) atoms. The van der Waals surface area contributed by atoms with Crippen molar-refractivity contribution in [2.24, 2.45) is 0 Å². The number of carboxylic acid groups (broad SMARTS) is 1. The number of hydrogen-bond acceptors (Lipinski definition) is 3. The van der Waals surface area contributed by atoms with Gasteiger partial charge in [0.05, 0.1) is 12.5 Å². The monoisotopic (exact) mass is 255 g/mol. The van der Waals surface area contributed by atoms with Crippen molar-refractivity contribution in [2.75, 3.05) is 13.6 Å². The van der Waals surface area contributed by atoms with Crippen LogP contribution in [-0.2, 0) is 4.79 Å². The van der Waals surface area contributed by atoms with Crippen LogP contribution in [0.4, 0.5) is 4.79 Å². The number of likely N-dealkylation sites (N-methyl/N-ethyl adjacent to an activating group) is 1. The molecule has 102 valence electrons. The second-order valence-electron chi connectivity index (χ2n) is 4.35. The maximum Gasteiger partial charge on any atom is 0.326 e. The fourth-order valence-corrected chi connectivity index (χ4v) is 1.70. The van der Waals surface area contributed by atoms with E-state index in [9.17, 15) is 9.59 Å². The molecule has 0 spiro atoms. The van der Waals surface area contributed by atoms with Gasteiger partial charge in [-0.05, 0) is 20.3 Å². The van der Waals surface area contributed by atoms with E-state index in [1.807, 2.05) is 19.9 Å². The summed E-state index contributed by atoms with van der Waals surface area (Å²) < 4.78 is 0. The first-order chi connectivity index (χ1) is 8.36. The highest BCUT2D eigenvalue weighted by Crippen LogP contribution is 2.10. The summed E-state index contributed by atoms with van der Waals surface area (Å²) in [5, 5.41) is 17.6. The van der Waals surface area contributed by atoms with Crippen LogP contribution in [0.3, 0.4) is 0 Å². The van der Waals surface area contributed by atoms with Crippen LogP contribution < -0.4 is 0 Å². The fraction of sp³-hybridized carbons (Fsp3) is 0.750. The van der Waals surface area contributed by atoms with Crippen molar-refractivity contribution in [3.63, 3.8) is 0 Å². The number of aliphatic carboxylic acids is 1. The van der Waals surface area contributed by atoms with Crippen molar-refractivity contribution in [3.05, 3.63) is 0 Å². The Morgan fingerprint density at radius 2 is 1.94 bits per heavy atom. The molecule has 0 bridgehead atoms. The predicted octanol–water partition coefficient (Wildman–Crippen LogP) is 1.53. The maximum atomic E-state index is 12.2. The Labute approximate surface area is 108 Å². The van der Waals surface area contributed by atoms with Crippen LogP contribution in [-0.4, -0.2) is 52.6 Å². The zero-order chi connectivity index (χ0) is 14.3. The standard InChI is InChI=1S/C12H21N3O3/c1-5-10(11(16)17)14(4)12(18)15(9(2)3)8-6-7-13/h9-10H,5-6,8H2,1-4H3,(H,16,17). The van der Waals surface area contributed by atoms with Crippen LogP contribution in [0.1, 0.15) is 33.6 Å². The van der Waals surface area contributed by atoms with Gasteiger partial charge in [-0.1, -0.05) is 6.92 Å². The van der Waals surface area contributed by atoms with Gasteiger partial charge in [-0.3, -0.25) is 0 Å². The van der Waals surface area contributed by atoms with E-state index < -0.39 is 12.0 Å². The third kappa shape index (κ3) is 4.24. The number of nitrogens with zero attached hydrogens (tertiary/aromatic N) is 3. The van der Waals surface area contributed by atoms with Crippen molar-refractivity contribution in [3.8, 4) is 6.07 Å². The molecule has 1 unspecified atom stereocenters. The Bertz CT molecular complexity index is 336. The van der Waals surface area contributed by atoms with Crippen LogP contribution in [0, 0.1) is 11.3 Å². The molecule has 0 aliphatic rings. The van der Waals surface area contributed by atoms with Crippen molar-refractivity contribution < 1.29 is 14.7 Å². The van der Waals surface area contributed by atoms with Crippen LogP contribution >= 0.6 is 0 Å². The normalized spacial score (nSPS) is 11.8. The lowest BCUT2D eigenvalue weighted by Gasteiger charge is -2.33. The molecule has 0 aliphatic heterocycles. The van der Waals surface area contributed by atoms with Crippen LogP contribution in [0.25, 0.3) is 0 Å². The molecule has 6 nitrogen and oxygen atoms in total. The average Bonchev–Trinajstić information content (AvgIpc) is 2.29. The molecule has 0 fully saturated rings. The Hall–Kier alpha value is -1.77. The van der Waals surface area contributed by atoms with Gasteiger partial charge < -0.3 is 14.9 Å². The molecule has 2 amide bonds. The number of carbonyl (C=O) groups excluding carboxylic acids is 1. The third-order valence-corrected chi connectivity index (χ3v) is 2.77. The number of nitriles is 1. The molecule has 0 aromatic heterocycles. The van der Waals surface area contributed by atoms with E-state index in [-0.39, 0.29) is 18.5 Å². The van der Waals surface area contributed by atoms with E-state index >= 15 is 0 Å². The highest BCUT2D eigenvalue weighted by molar-refractivity contribution is 5.82. The molecular weight excluding hydrogens is 234 g/mol. The summed E-state index contributed by atoms with van der Waals surface area (Å²) in [7, 11) is 1.48. The number of urea groups is 1. The minimum Gasteiger partial charge on any atom is -0.480 e. The molecular formula is C12H21N3O3. The molecule has 0 rings (SSSR count). The largest absolute Gasteiger partial charge is 0.480 e. The van der Waals surface area contributed by atoms with E-state index in [0.29, 0.717) is 13.0 Å². The van der Waals surface area contributed by atoms with Gasteiger partial charge in [0, 0.05) is 19.6 Å². The van der Waals surface area contributed by atoms with E-state index in [2.05, 4.69) is 0 Å². The molecule has 0 radical (unpaired) electrons. The number of amides is 2. The van der Waals surface area contributed by atoms with Crippen LogP contribution in [0.5, 0.6) is 0 Å². The maximum absolute atomic E-state index is 12.2. The Kier molecular flexibility index (Phi) is 6.79. The highest BCUT2D eigenvalue weighted by Gasteiger charge is 2.29. The molecule has 0 aromatic carbocycles. The number of carbonyl (C=O) groups is 2. The molecule has 1 N–H and O–H groups in total. The molecule has 0 aliphatic carbocycles. The minimum atomic E-state index is -1.02. The van der Waals surface area contributed by atoms with Gasteiger partial charge in [-0.2, -0.15) is 5.26 Å². The molecule has 0 saturated heterocycles. The first kappa shape index (κ1) is 16.2. The van der Waals surface area contributed by atoms with Gasteiger partial charge in [0.1, 0.15) is 6.04 Å². The van der Waals surface area contributed by atoms with E-state index in [4.69, 9.17) is 10.4 Å². The van der Waals surface area contributed by atoms with E-state index in [1.165, 1.54) is 16.8 Å². The fourth-order valence-electron chi connectivity index (χ4n) is 1.70. The molecule has 0 saturated carbocycles. The Morgan fingerprint density at radius 1 is 1.39 bits per heavy atom. The van der Waals surface area contributed by atoms with Gasteiger partial charge in [-0.15, -0.1) is 0 Å². The highest BCUT2D eigenvalue weighted by atomic mass is 16.4. The molecule has 6 heteroatoms. The summed E-state index contributed by atoms with van der Waals surface area (Å²) in [5.41, 5.74) is 0. The molecule has 0 aromatic rings. The first-order valence-corrected chi connectivity index (χ1v) is 5.99. The van der Waals surface area contributed by atoms with Crippen molar-refractivity contribution >= 4 is 12.0 Å². The summed E-state index contributed by atoms with van der Waals surface area (Å²) in [6.45, 7) is 5.71. The Morgan fingerprint density at radius 3 is 2.28 bits per heavy atom. The zero-order valence-electron chi connectivity index (χ0n) is 11.4. The average molecular weight is 255 g/mol. The third-order valence-electron chi connectivity index (χ3n) is 2.77. The van der Waals surface area contributed by atoms with Gasteiger partial charge in [0.25, 0.3) is 0 Å². The second kappa shape index (κ2) is 7.54. The minimum absolute atomic E-state index is 0.0698. The summed E-state index contributed by atoms with van der Waals surface area (Å²) in [4.78, 5) is 25.9. The van der Waals surface area contributed by atoms with Crippen molar-refractivity contribution in [1.82, 2.24) is 9.80 Å². The molecule has 1 atom stereocenters. The van der Waals surface area contributed by atoms with Crippen molar-refractivity contribution in [1.29, 1.82) is 5.26 Å². The summed E-state index contributed by atoms with van der Waals surface area (Å²) in [6.07, 6.45) is 0.587. The molecule has 0 heterocycles. The Balaban J connectivity index is 4.85.